The first-order valence-corrected chi connectivity index (χ1v) is 9.91. The number of hydrogen-bond donors (Lipinski definition) is 2. The maximum atomic E-state index is 12.3. The van der Waals surface area contributed by atoms with Gasteiger partial charge in [0, 0.05) is 25.3 Å². The highest BCUT2D eigenvalue weighted by atomic mass is 32.2. The van der Waals surface area contributed by atoms with Crippen molar-refractivity contribution >= 4 is 23.4 Å². The second-order valence-corrected chi connectivity index (χ2v) is 7.46. The van der Waals surface area contributed by atoms with E-state index >= 15 is 0 Å². The maximum Gasteiger partial charge on any atom is 0.287 e. The van der Waals surface area contributed by atoms with Crippen molar-refractivity contribution in [3.63, 3.8) is 0 Å². The lowest BCUT2D eigenvalue weighted by Crippen LogP contribution is -2.30. The summed E-state index contributed by atoms with van der Waals surface area (Å²) in [5.74, 6) is 1.96. The van der Waals surface area contributed by atoms with Crippen LogP contribution in [-0.2, 0) is 5.75 Å². The molecule has 0 radical (unpaired) electrons. The highest BCUT2D eigenvalue weighted by Crippen LogP contribution is 2.23. The molecule has 2 aromatic heterocycles. The summed E-state index contributed by atoms with van der Waals surface area (Å²) in [4.78, 5) is 18.8. The first-order chi connectivity index (χ1) is 13.3. The molecule has 1 aromatic carbocycles. The third-order valence-corrected chi connectivity index (χ3v) is 5.49. The number of carbonyl (C=O) groups is 1. The average Bonchev–Trinajstić information content (AvgIpc) is 3.47. The number of para-hydroxylation sites is 1. The minimum absolute atomic E-state index is 0.163. The fourth-order valence-electron chi connectivity index (χ4n) is 3.18. The fraction of sp³-hybridized carbons (Fsp3) is 0.316. The summed E-state index contributed by atoms with van der Waals surface area (Å²) in [6.07, 6.45) is 2.54. The van der Waals surface area contributed by atoms with Gasteiger partial charge < -0.3 is 14.6 Å². The van der Waals surface area contributed by atoms with Crippen LogP contribution in [0, 0.1) is 5.92 Å². The first-order valence-electron chi connectivity index (χ1n) is 8.93. The number of carbonyl (C=O) groups excluding carboxylic acids is 1. The van der Waals surface area contributed by atoms with E-state index in [2.05, 4.69) is 49.7 Å². The minimum atomic E-state index is -0.163. The molecule has 8 heteroatoms. The van der Waals surface area contributed by atoms with Gasteiger partial charge in [-0.3, -0.25) is 9.89 Å². The molecule has 0 unspecified atom stereocenters. The number of hydrogen-bond acceptors (Lipinski definition) is 6. The molecule has 4 rings (SSSR count). The maximum absolute atomic E-state index is 12.3. The average molecular weight is 383 g/mol. The number of rotatable bonds is 7. The third-order valence-electron chi connectivity index (χ3n) is 4.59. The summed E-state index contributed by atoms with van der Waals surface area (Å²) in [6.45, 7) is 2.64. The molecule has 2 N–H and O–H groups in total. The van der Waals surface area contributed by atoms with E-state index in [4.69, 9.17) is 4.42 Å². The van der Waals surface area contributed by atoms with Crippen LogP contribution in [0.3, 0.4) is 0 Å². The lowest BCUT2D eigenvalue weighted by molar-refractivity contribution is 0.0919. The van der Waals surface area contributed by atoms with Gasteiger partial charge in [0.05, 0.1) is 5.75 Å². The molecule has 3 aromatic rings. The van der Waals surface area contributed by atoms with E-state index in [1.165, 1.54) is 23.8 Å². The second kappa shape index (κ2) is 8.30. The molecule has 1 aliphatic rings. The molecule has 1 fully saturated rings. The van der Waals surface area contributed by atoms with Crippen molar-refractivity contribution in [2.24, 2.45) is 5.92 Å². The zero-order valence-corrected chi connectivity index (χ0v) is 15.6. The van der Waals surface area contributed by atoms with Crippen molar-refractivity contribution in [1.82, 2.24) is 20.5 Å². The molecule has 27 heavy (non-hydrogen) atoms. The van der Waals surface area contributed by atoms with Crippen molar-refractivity contribution in [2.45, 2.75) is 17.3 Å². The van der Waals surface area contributed by atoms with Crippen LogP contribution in [0.5, 0.6) is 0 Å². The van der Waals surface area contributed by atoms with Gasteiger partial charge in [-0.05, 0) is 36.6 Å². The van der Waals surface area contributed by atoms with Crippen molar-refractivity contribution in [3.8, 4) is 0 Å². The highest BCUT2D eigenvalue weighted by Gasteiger charge is 2.23. The zero-order chi connectivity index (χ0) is 18.5. The van der Waals surface area contributed by atoms with Gasteiger partial charge in [-0.2, -0.15) is 5.10 Å². The Balaban J connectivity index is 1.24. The Hall–Kier alpha value is -2.74. The van der Waals surface area contributed by atoms with Crippen LogP contribution in [0.25, 0.3) is 0 Å². The minimum Gasteiger partial charge on any atom is -0.455 e. The van der Waals surface area contributed by atoms with E-state index in [0.29, 0.717) is 24.0 Å². The Bertz CT molecular complexity index is 865. The SMILES string of the molecule is O=C(NC[C@H]1CCN(c2ccccc2)C1)c1ccc(CSc2ncn[nH]2)o1. The standard InChI is InChI=1S/C19H21N5O2S/c25-18(17-7-6-16(26-17)12-27-19-21-13-22-23-19)20-10-14-8-9-24(11-14)15-4-2-1-3-5-15/h1-7,13-14H,8-12H2,(H,20,25)(H,21,22,23)/t14-/m1/s1. The smallest absolute Gasteiger partial charge is 0.287 e. The summed E-state index contributed by atoms with van der Waals surface area (Å²) < 4.78 is 5.64. The Morgan fingerprint density at radius 1 is 1.30 bits per heavy atom. The quantitative estimate of drug-likeness (QED) is 0.610. The molecule has 0 spiro atoms. The molecule has 0 saturated carbocycles. The number of furan rings is 1. The molecule has 1 amide bonds. The molecule has 0 bridgehead atoms. The number of amides is 1. The zero-order valence-electron chi connectivity index (χ0n) is 14.8. The summed E-state index contributed by atoms with van der Waals surface area (Å²) in [5.41, 5.74) is 1.24. The Labute approximate surface area is 161 Å². The van der Waals surface area contributed by atoms with Gasteiger partial charge >= 0.3 is 0 Å². The van der Waals surface area contributed by atoms with E-state index in [0.717, 1.165) is 30.4 Å². The van der Waals surface area contributed by atoms with Gasteiger partial charge in [-0.25, -0.2) is 4.98 Å². The molecular weight excluding hydrogens is 362 g/mol. The monoisotopic (exact) mass is 383 g/mol. The number of benzene rings is 1. The van der Waals surface area contributed by atoms with Gasteiger partial charge in [0.1, 0.15) is 12.1 Å². The van der Waals surface area contributed by atoms with Gasteiger partial charge in [0.15, 0.2) is 10.9 Å². The van der Waals surface area contributed by atoms with Crippen molar-refractivity contribution in [2.75, 3.05) is 24.5 Å². The number of nitrogens with zero attached hydrogens (tertiary/aromatic N) is 3. The van der Waals surface area contributed by atoms with Crippen LogP contribution in [-0.4, -0.2) is 40.7 Å². The van der Waals surface area contributed by atoms with E-state index in [1.54, 1.807) is 6.07 Å². The van der Waals surface area contributed by atoms with Crippen molar-refractivity contribution < 1.29 is 9.21 Å². The Kier molecular flexibility index (Phi) is 5.43. The lowest BCUT2D eigenvalue weighted by atomic mass is 10.1. The summed E-state index contributed by atoms with van der Waals surface area (Å²) in [6, 6.07) is 13.9. The third kappa shape index (κ3) is 4.51. The molecule has 1 aliphatic heterocycles. The topological polar surface area (TPSA) is 87.0 Å². The molecule has 1 saturated heterocycles. The van der Waals surface area contributed by atoms with Crippen molar-refractivity contribution in [1.29, 1.82) is 0 Å². The summed E-state index contributed by atoms with van der Waals surface area (Å²) >= 11 is 1.48. The number of anilines is 1. The highest BCUT2D eigenvalue weighted by molar-refractivity contribution is 7.98. The molecule has 140 valence electrons. The molecule has 0 aliphatic carbocycles. The Morgan fingerprint density at radius 2 is 2.19 bits per heavy atom. The lowest BCUT2D eigenvalue weighted by Gasteiger charge is -2.18. The van der Waals surface area contributed by atoms with Crippen molar-refractivity contribution in [3.05, 3.63) is 60.3 Å². The van der Waals surface area contributed by atoms with Crippen LogP contribution in [0.1, 0.15) is 22.7 Å². The van der Waals surface area contributed by atoms with Gasteiger partial charge in [0.25, 0.3) is 5.91 Å². The molecule has 7 nitrogen and oxygen atoms in total. The predicted octanol–water partition coefficient (Wildman–Crippen LogP) is 2.95. The molecule has 3 heterocycles. The van der Waals surface area contributed by atoms with Crippen LogP contribution >= 0.6 is 11.8 Å². The number of thioether (sulfide) groups is 1. The number of H-pyrrole nitrogens is 1. The summed E-state index contributed by atoms with van der Waals surface area (Å²) in [5, 5.41) is 10.3. The number of aromatic amines is 1. The van der Waals surface area contributed by atoms with E-state index in [1.807, 2.05) is 12.1 Å². The van der Waals surface area contributed by atoms with E-state index in [-0.39, 0.29) is 5.91 Å². The van der Waals surface area contributed by atoms with Crippen LogP contribution < -0.4 is 10.2 Å². The first kappa shape index (κ1) is 17.7. The van der Waals surface area contributed by atoms with Gasteiger partial charge in [-0.1, -0.05) is 30.0 Å². The van der Waals surface area contributed by atoms with Crippen LogP contribution in [0.15, 0.2) is 58.4 Å². The van der Waals surface area contributed by atoms with Crippen LogP contribution in [0.2, 0.25) is 0 Å². The van der Waals surface area contributed by atoms with E-state index < -0.39 is 0 Å². The number of aromatic nitrogens is 3. The summed E-state index contributed by atoms with van der Waals surface area (Å²) in [7, 11) is 0. The van der Waals surface area contributed by atoms with E-state index in [9.17, 15) is 4.79 Å². The molecule has 1 atom stereocenters. The van der Waals surface area contributed by atoms with Gasteiger partial charge in [0.2, 0.25) is 0 Å². The fourth-order valence-corrected chi connectivity index (χ4v) is 3.85. The van der Waals surface area contributed by atoms with Gasteiger partial charge in [-0.15, -0.1) is 0 Å². The Morgan fingerprint density at radius 3 is 3.00 bits per heavy atom. The normalized spacial score (nSPS) is 16.6. The van der Waals surface area contributed by atoms with Crippen LogP contribution in [0.4, 0.5) is 5.69 Å². The largest absolute Gasteiger partial charge is 0.455 e. The number of nitrogens with one attached hydrogen (secondary N) is 2. The second-order valence-electron chi connectivity index (χ2n) is 6.49. The predicted molar refractivity (Wildman–Crippen MR) is 104 cm³/mol. The molecular formula is C19H21N5O2S.